The summed E-state index contributed by atoms with van der Waals surface area (Å²) in [6, 6.07) is 13.0. The summed E-state index contributed by atoms with van der Waals surface area (Å²) in [6.07, 6.45) is 1.84. The molecule has 0 spiro atoms. The van der Waals surface area contributed by atoms with Crippen LogP contribution in [0.3, 0.4) is 0 Å². The van der Waals surface area contributed by atoms with Gasteiger partial charge in [0, 0.05) is 49.3 Å². The Balaban J connectivity index is 1.27. The van der Waals surface area contributed by atoms with Gasteiger partial charge in [-0.3, -0.25) is 4.79 Å². The quantitative estimate of drug-likeness (QED) is 0.619. The van der Waals surface area contributed by atoms with Crippen LogP contribution in [0.4, 0.5) is 20.6 Å². The molecule has 0 saturated carbocycles. The number of fused-ring (bicyclic) bond motifs is 1. The fourth-order valence-electron chi connectivity index (χ4n) is 3.54. The molecule has 0 radical (unpaired) electrons. The van der Waals surface area contributed by atoms with Crippen molar-refractivity contribution in [1.82, 2.24) is 15.2 Å². The van der Waals surface area contributed by atoms with Gasteiger partial charge < -0.3 is 25.4 Å². The molecule has 1 saturated heterocycles. The molecule has 1 atom stereocenters. The number of aromatic nitrogens is 1. The van der Waals surface area contributed by atoms with E-state index in [4.69, 9.17) is 0 Å². The molecule has 7 nitrogen and oxygen atoms in total. The molecule has 30 heavy (non-hydrogen) atoms. The smallest absolute Gasteiger partial charge is 0.318 e. The molecule has 2 aromatic carbocycles. The number of benzene rings is 2. The number of carbonyl (C=O) groups is 2. The molecule has 0 bridgehead atoms. The number of urea groups is 1. The molecule has 156 valence electrons. The average Bonchev–Trinajstić information content (AvgIpc) is 3.22. The van der Waals surface area contributed by atoms with Gasteiger partial charge in [-0.15, -0.1) is 0 Å². The lowest BCUT2D eigenvalue weighted by Crippen LogP contribution is -2.54. The van der Waals surface area contributed by atoms with Crippen molar-refractivity contribution in [3.8, 4) is 0 Å². The van der Waals surface area contributed by atoms with Gasteiger partial charge in [0.25, 0.3) is 0 Å². The van der Waals surface area contributed by atoms with Crippen LogP contribution in [0, 0.1) is 5.82 Å². The van der Waals surface area contributed by atoms with E-state index in [-0.39, 0.29) is 17.8 Å². The van der Waals surface area contributed by atoms with Gasteiger partial charge in [0.2, 0.25) is 5.91 Å². The highest BCUT2D eigenvalue weighted by atomic mass is 19.1. The summed E-state index contributed by atoms with van der Waals surface area (Å²) in [5.74, 6) is -0.545. The summed E-state index contributed by atoms with van der Waals surface area (Å²) < 4.78 is 13.1. The first-order valence-electron chi connectivity index (χ1n) is 9.93. The number of amides is 3. The molecule has 3 amide bonds. The minimum Gasteiger partial charge on any atom is -0.368 e. The lowest BCUT2D eigenvalue weighted by molar-refractivity contribution is -0.117. The molecule has 1 aliphatic rings. The highest BCUT2D eigenvalue weighted by Gasteiger charge is 2.24. The van der Waals surface area contributed by atoms with Gasteiger partial charge >= 0.3 is 6.03 Å². The normalized spacial score (nSPS) is 15.1. The van der Waals surface area contributed by atoms with Crippen molar-refractivity contribution in [1.29, 1.82) is 0 Å². The van der Waals surface area contributed by atoms with Crippen LogP contribution in [0.2, 0.25) is 0 Å². The lowest BCUT2D eigenvalue weighted by Gasteiger charge is -2.36. The van der Waals surface area contributed by atoms with E-state index in [0.717, 1.165) is 16.6 Å². The van der Waals surface area contributed by atoms with Crippen molar-refractivity contribution in [2.75, 3.05) is 36.4 Å². The van der Waals surface area contributed by atoms with Gasteiger partial charge in [-0.2, -0.15) is 0 Å². The summed E-state index contributed by atoms with van der Waals surface area (Å²) in [5.41, 5.74) is 2.54. The third-order valence-corrected chi connectivity index (χ3v) is 5.31. The minimum atomic E-state index is -0.674. The highest BCUT2D eigenvalue weighted by molar-refractivity contribution is 5.98. The van der Waals surface area contributed by atoms with Crippen LogP contribution in [-0.2, 0) is 4.79 Å². The summed E-state index contributed by atoms with van der Waals surface area (Å²) >= 11 is 0. The Labute approximate surface area is 173 Å². The van der Waals surface area contributed by atoms with E-state index in [1.807, 2.05) is 30.5 Å². The molecule has 0 aliphatic carbocycles. The number of hydrogen-bond donors (Lipinski definition) is 3. The van der Waals surface area contributed by atoms with Crippen molar-refractivity contribution in [2.24, 2.45) is 0 Å². The van der Waals surface area contributed by atoms with Crippen LogP contribution in [0.5, 0.6) is 0 Å². The van der Waals surface area contributed by atoms with Gasteiger partial charge in [-0.25, -0.2) is 9.18 Å². The third-order valence-electron chi connectivity index (χ3n) is 5.31. The summed E-state index contributed by atoms with van der Waals surface area (Å²) in [6.45, 7) is 4.02. The fourth-order valence-corrected chi connectivity index (χ4v) is 3.54. The molecule has 2 heterocycles. The average molecular weight is 409 g/mol. The number of H-pyrrole nitrogens is 1. The second kappa shape index (κ2) is 8.44. The number of piperazine rings is 1. The van der Waals surface area contributed by atoms with Crippen LogP contribution in [0.15, 0.2) is 54.7 Å². The Hall–Kier alpha value is -3.55. The molecule has 3 N–H and O–H groups in total. The van der Waals surface area contributed by atoms with Crippen LogP contribution < -0.4 is 15.5 Å². The predicted molar refractivity (Wildman–Crippen MR) is 115 cm³/mol. The Bertz CT molecular complexity index is 1040. The fraction of sp³-hybridized carbons (Fsp3) is 0.273. The Kier molecular flexibility index (Phi) is 5.56. The summed E-state index contributed by atoms with van der Waals surface area (Å²) in [7, 11) is 0. The van der Waals surface area contributed by atoms with Crippen molar-refractivity contribution in [3.63, 3.8) is 0 Å². The number of rotatable bonds is 4. The zero-order valence-electron chi connectivity index (χ0n) is 16.7. The zero-order chi connectivity index (χ0) is 21.1. The van der Waals surface area contributed by atoms with E-state index in [2.05, 4.69) is 20.5 Å². The van der Waals surface area contributed by atoms with Gasteiger partial charge in [0.05, 0.1) is 0 Å². The summed E-state index contributed by atoms with van der Waals surface area (Å²) in [5, 5.41) is 6.66. The molecule has 1 fully saturated rings. The maximum atomic E-state index is 13.1. The van der Waals surface area contributed by atoms with Gasteiger partial charge in [0.15, 0.2) is 0 Å². The van der Waals surface area contributed by atoms with E-state index in [0.29, 0.717) is 31.9 Å². The van der Waals surface area contributed by atoms with E-state index >= 15 is 0 Å². The number of nitrogens with one attached hydrogen (secondary N) is 3. The van der Waals surface area contributed by atoms with Crippen molar-refractivity contribution >= 4 is 34.2 Å². The number of carbonyl (C=O) groups excluding carboxylic acids is 2. The molecular weight excluding hydrogens is 385 g/mol. The van der Waals surface area contributed by atoms with Crippen LogP contribution in [0.1, 0.15) is 6.92 Å². The minimum absolute atomic E-state index is 0.267. The predicted octanol–water partition coefficient (Wildman–Crippen LogP) is 3.17. The van der Waals surface area contributed by atoms with Crippen LogP contribution in [-0.4, -0.2) is 54.0 Å². The summed E-state index contributed by atoms with van der Waals surface area (Å²) in [4.78, 5) is 31.9. The second-order valence-corrected chi connectivity index (χ2v) is 7.39. The van der Waals surface area contributed by atoms with Gasteiger partial charge in [0.1, 0.15) is 11.9 Å². The van der Waals surface area contributed by atoms with Crippen molar-refractivity contribution in [2.45, 2.75) is 13.0 Å². The first-order valence-corrected chi connectivity index (χ1v) is 9.93. The highest BCUT2D eigenvalue weighted by Crippen LogP contribution is 2.18. The second-order valence-electron chi connectivity index (χ2n) is 7.39. The first kappa shape index (κ1) is 19.8. The molecule has 1 unspecified atom stereocenters. The number of hydrogen-bond acceptors (Lipinski definition) is 3. The Morgan fingerprint density at radius 3 is 2.50 bits per heavy atom. The maximum Gasteiger partial charge on any atom is 0.318 e. The Morgan fingerprint density at radius 2 is 1.77 bits per heavy atom. The van der Waals surface area contributed by atoms with Crippen molar-refractivity contribution in [3.05, 3.63) is 60.5 Å². The number of nitrogens with zero attached hydrogens (tertiary/aromatic N) is 2. The number of halogens is 1. The first-order chi connectivity index (χ1) is 14.5. The molecule has 4 rings (SSSR count). The van der Waals surface area contributed by atoms with Crippen molar-refractivity contribution < 1.29 is 14.0 Å². The number of anilines is 2. The molecule has 1 aromatic heterocycles. The van der Waals surface area contributed by atoms with Gasteiger partial charge in [-0.1, -0.05) is 6.07 Å². The van der Waals surface area contributed by atoms with Gasteiger partial charge in [-0.05, 0) is 54.8 Å². The van der Waals surface area contributed by atoms with E-state index in [9.17, 15) is 14.0 Å². The molecule has 3 aromatic rings. The topological polar surface area (TPSA) is 80.5 Å². The van der Waals surface area contributed by atoms with E-state index in [1.165, 1.54) is 12.1 Å². The number of aromatic amines is 1. The largest absolute Gasteiger partial charge is 0.368 e. The van der Waals surface area contributed by atoms with Crippen LogP contribution in [0.25, 0.3) is 10.9 Å². The SMILES string of the molecule is CC(NC(=O)N1CCN(c2ccc(F)cc2)CC1)C(=O)Nc1ccc2cc[nH]c2c1. The van der Waals surface area contributed by atoms with E-state index in [1.54, 1.807) is 24.0 Å². The third kappa shape index (κ3) is 4.37. The molecule has 1 aliphatic heterocycles. The van der Waals surface area contributed by atoms with E-state index < -0.39 is 6.04 Å². The zero-order valence-corrected chi connectivity index (χ0v) is 16.7. The molecule has 8 heteroatoms. The lowest BCUT2D eigenvalue weighted by atomic mass is 10.2. The molecular formula is C22H24FN5O2. The maximum absolute atomic E-state index is 13.1. The standard InChI is InChI=1S/C22H24FN5O2/c1-15(21(29)26-18-5-2-16-8-9-24-20(16)14-18)25-22(30)28-12-10-27(11-13-28)19-6-3-17(23)4-7-19/h2-9,14-15,24H,10-13H2,1H3,(H,25,30)(H,26,29). The Morgan fingerprint density at radius 1 is 1.03 bits per heavy atom. The monoisotopic (exact) mass is 409 g/mol. The van der Waals surface area contributed by atoms with Crippen LogP contribution >= 0.6 is 0 Å².